The van der Waals surface area contributed by atoms with Crippen LogP contribution in [-0.4, -0.2) is 23.8 Å². The van der Waals surface area contributed by atoms with Gasteiger partial charge in [0.15, 0.2) is 6.29 Å². The van der Waals surface area contributed by atoms with E-state index in [1.165, 1.54) is 11.3 Å². The molecule has 2 aromatic rings. The maximum Gasteiger partial charge on any atom is 0.354 e. The molecule has 15 heavy (non-hydrogen) atoms. The van der Waals surface area contributed by atoms with Crippen molar-refractivity contribution in [3.8, 4) is 0 Å². The Kier molecular flexibility index (Phi) is 2.55. The fraction of sp³-hybridized carbons (Fsp3) is 0.200. The van der Waals surface area contributed by atoms with Gasteiger partial charge in [0.05, 0.1) is 11.5 Å². The Bertz CT molecular complexity index is 480. The van der Waals surface area contributed by atoms with Crippen LogP contribution in [0.2, 0.25) is 0 Å². The highest BCUT2D eigenvalue weighted by Gasteiger charge is 2.12. The van der Waals surface area contributed by atoms with Gasteiger partial charge in [-0.05, 0) is 19.1 Å². The Labute approximate surface area is 89.9 Å². The van der Waals surface area contributed by atoms with E-state index in [9.17, 15) is 9.59 Å². The van der Waals surface area contributed by atoms with Crippen molar-refractivity contribution < 1.29 is 14.3 Å². The van der Waals surface area contributed by atoms with E-state index in [0.29, 0.717) is 17.2 Å². The third kappa shape index (κ3) is 1.78. The monoisotopic (exact) mass is 223 g/mol. The Hall–Kier alpha value is -1.62. The third-order valence-electron chi connectivity index (χ3n) is 1.94. The summed E-state index contributed by atoms with van der Waals surface area (Å²) < 4.78 is 4.85. The summed E-state index contributed by atoms with van der Waals surface area (Å²) in [6.07, 6.45) is 0.794. The number of fused-ring (bicyclic) bond motifs is 1. The van der Waals surface area contributed by atoms with Crippen LogP contribution in [0.5, 0.6) is 0 Å². The van der Waals surface area contributed by atoms with Gasteiger partial charge in [0, 0.05) is 5.39 Å². The zero-order chi connectivity index (χ0) is 10.8. The van der Waals surface area contributed by atoms with Crippen molar-refractivity contribution in [2.24, 2.45) is 0 Å². The van der Waals surface area contributed by atoms with Gasteiger partial charge in [-0.3, -0.25) is 4.79 Å². The number of thiophene rings is 1. The molecule has 0 saturated carbocycles. The molecule has 2 heterocycles. The number of carbonyl (C=O) groups excluding carboxylic acids is 2. The normalized spacial score (nSPS) is 10.5. The highest BCUT2D eigenvalue weighted by Crippen LogP contribution is 2.25. The van der Waals surface area contributed by atoms with Crippen LogP contribution in [0.25, 0.3) is 10.2 Å². The van der Waals surface area contributed by atoms with E-state index in [1.807, 2.05) is 0 Å². The second-order valence-corrected chi connectivity index (χ2v) is 4.04. The van der Waals surface area contributed by atoms with Gasteiger partial charge in [-0.15, -0.1) is 11.3 Å². The summed E-state index contributed by atoms with van der Waals surface area (Å²) in [7, 11) is 0. The van der Waals surface area contributed by atoms with E-state index in [1.54, 1.807) is 19.1 Å². The molecule has 0 atom stereocenters. The molecule has 0 aliphatic heterocycles. The van der Waals surface area contributed by atoms with E-state index < -0.39 is 0 Å². The van der Waals surface area contributed by atoms with E-state index in [2.05, 4.69) is 4.98 Å². The summed E-state index contributed by atoms with van der Waals surface area (Å²) in [5.74, 6) is -0.367. The lowest BCUT2D eigenvalue weighted by Gasteiger charge is -1.96. The molecule has 0 aromatic carbocycles. The average Bonchev–Trinajstić information content (AvgIpc) is 2.74. The van der Waals surface area contributed by atoms with E-state index in [-0.39, 0.29) is 5.97 Å². The number of ether oxygens (including phenoxy) is 1. The van der Waals surface area contributed by atoms with Crippen LogP contribution in [-0.2, 0) is 4.74 Å². The SMILES string of the molecule is CCOC(=O)c1cc2cc(C=O)sc2[nH]1. The van der Waals surface area contributed by atoms with Crippen LogP contribution >= 0.6 is 11.3 Å². The number of nitrogens with one attached hydrogen (secondary N) is 1. The Morgan fingerprint density at radius 1 is 1.60 bits per heavy atom. The summed E-state index contributed by atoms with van der Waals surface area (Å²) >= 11 is 1.32. The smallest absolute Gasteiger partial charge is 0.354 e. The van der Waals surface area contributed by atoms with Crippen LogP contribution in [0, 0.1) is 0 Å². The van der Waals surface area contributed by atoms with Gasteiger partial charge in [-0.2, -0.15) is 0 Å². The minimum Gasteiger partial charge on any atom is -0.461 e. The Morgan fingerprint density at radius 3 is 3.00 bits per heavy atom. The van der Waals surface area contributed by atoms with Crippen molar-refractivity contribution in [1.82, 2.24) is 4.98 Å². The molecule has 4 nitrogen and oxygen atoms in total. The van der Waals surface area contributed by atoms with Crippen molar-refractivity contribution >= 4 is 33.8 Å². The molecule has 0 fully saturated rings. The molecule has 2 aromatic heterocycles. The van der Waals surface area contributed by atoms with E-state index >= 15 is 0 Å². The van der Waals surface area contributed by atoms with Crippen LogP contribution in [0.15, 0.2) is 12.1 Å². The first-order chi connectivity index (χ1) is 7.24. The molecule has 5 heteroatoms. The summed E-state index contributed by atoms with van der Waals surface area (Å²) in [6.45, 7) is 2.11. The molecule has 0 spiro atoms. The van der Waals surface area contributed by atoms with Gasteiger partial charge in [0.1, 0.15) is 10.5 Å². The first-order valence-corrected chi connectivity index (χ1v) is 5.31. The topological polar surface area (TPSA) is 59.2 Å². The lowest BCUT2D eigenvalue weighted by molar-refractivity contribution is 0.0520. The highest BCUT2D eigenvalue weighted by atomic mass is 32.1. The van der Waals surface area contributed by atoms with Gasteiger partial charge in [0.25, 0.3) is 0 Å². The van der Waals surface area contributed by atoms with Crippen molar-refractivity contribution in [2.75, 3.05) is 6.61 Å². The van der Waals surface area contributed by atoms with Crippen molar-refractivity contribution in [3.05, 3.63) is 22.7 Å². The fourth-order valence-corrected chi connectivity index (χ4v) is 2.19. The maximum absolute atomic E-state index is 11.3. The lowest BCUT2D eigenvalue weighted by Crippen LogP contribution is -2.04. The number of aromatic amines is 1. The molecule has 0 aliphatic rings. The maximum atomic E-state index is 11.3. The van der Waals surface area contributed by atoms with Gasteiger partial charge in [-0.25, -0.2) is 4.79 Å². The quantitative estimate of drug-likeness (QED) is 0.641. The molecule has 2 rings (SSSR count). The minimum absolute atomic E-state index is 0.352. The number of esters is 1. The lowest BCUT2D eigenvalue weighted by atomic mass is 10.3. The number of carbonyl (C=O) groups is 2. The predicted octanol–water partition coefficient (Wildman–Crippen LogP) is 2.22. The second kappa shape index (κ2) is 3.86. The molecule has 78 valence electrons. The fourth-order valence-electron chi connectivity index (χ4n) is 1.32. The molecule has 0 aliphatic carbocycles. The molecule has 0 saturated heterocycles. The van der Waals surface area contributed by atoms with Crippen LogP contribution in [0.3, 0.4) is 0 Å². The molecular formula is C10H9NO3S. The molecule has 1 N–H and O–H groups in total. The number of H-pyrrole nitrogens is 1. The summed E-state index contributed by atoms with van der Waals surface area (Å²) in [5, 5.41) is 0.866. The van der Waals surface area contributed by atoms with Crippen LogP contribution in [0.1, 0.15) is 27.1 Å². The van der Waals surface area contributed by atoms with Crippen molar-refractivity contribution in [3.63, 3.8) is 0 Å². The first kappa shape index (κ1) is 9.92. The van der Waals surface area contributed by atoms with Gasteiger partial charge < -0.3 is 9.72 Å². The first-order valence-electron chi connectivity index (χ1n) is 4.49. The third-order valence-corrected chi connectivity index (χ3v) is 2.93. The van der Waals surface area contributed by atoms with Gasteiger partial charge in [0.2, 0.25) is 0 Å². The van der Waals surface area contributed by atoms with E-state index in [0.717, 1.165) is 16.5 Å². The molecule has 0 radical (unpaired) electrons. The Balaban J connectivity index is 2.36. The van der Waals surface area contributed by atoms with Gasteiger partial charge in [-0.1, -0.05) is 0 Å². The van der Waals surface area contributed by atoms with Crippen molar-refractivity contribution in [1.29, 1.82) is 0 Å². The highest BCUT2D eigenvalue weighted by molar-refractivity contribution is 7.20. The van der Waals surface area contributed by atoms with E-state index in [4.69, 9.17) is 4.74 Å². The number of hydrogen-bond acceptors (Lipinski definition) is 4. The van der Waals surface area contributed by atoms with Crippen molar-refractivity contribution in [2.45, 2.75) is 6.92 Å². The standard InChI is InChI=1S/C10H9NO3S/c1-2-14-10(13)8-4-6-3-7(5-12)15-9(6)11-8/h3-5,11H,2H2,1H3. The second-order valence-electron chi connectivity index (χ2n) is 2.95. The van der Waals surface area contributed by atoms with Gasteiger partial charge >= 0.3 is 5.97 Å². The summed E-state index contributed by atoms with van der Waals surface area (Å²) in [4.78, 5) is 26.2. The van der Waals surface area contributed by atoms with Crippen LogP contribution in [0.4, 0.5) is 0 Å². The van der Waals surface area contributed by atoms with Crippen LogP contribution < -0.4 is 0 Å². The molecular weight excluding hydrogens is 214 g/mol. The largest absolute Gasteiger partial charge is 0.461 e. The molecule has 0 amide bonds. The Morgan fingerprint density at radius 2 is 2.40 bits per heavy atom. The number of aldehydes is 1. The number of rotatable bonds is 3. The predicted molar refractivity (Wildman–Crippen MR) is 57.5 cm³/mol. The summed E-state index contributed by atoms with van der Waals surface area (Å²) in [6, 6.07) is 3.43. The minimum atomic E-state index is -0.367. The average molecular weight is 223 g/mol. The molecule has 0 bridgehead atoms. The number of aromatic nitrogens is 1. The zero-order valence-electron chi connectivity index (χ0n) is 8.07. The number of hydrogen-bond donors (Lipinski definition) is 1. The molecule has 0 unspecified atom stereocenters. The zero-order valence-corrected chi connectivity index (χ0v) is 8.89. The summed E-state index contributed by atoms with van der Waals surface area (Å²) in [5.41, 5.74) is 0.426.